The Balaban J connectivity index is 2.07. The molecular formula is C19H14FN2O3S-. The normalized spacial score (nSPS) is 10.8. The summed E-state index contributed by atoms with van der Waals surface area (Å²) in [5, 5.41) is 11.7. The van der Waals surface area contributed by atoms with E-state index in [0.29, 0.717) is 16.1 Å². The first-order valence-corrected chi connectivity index (χ1v) is 8.73. The van der Waals surface area contributed by atoms with Crippen LogP contribution < -0.4 is 10.7 Å². The van der Waals surface area contributed by atoms with Crippen LogP contribution in [0.25, 0.3) is 10.9 Å². The highest BCUT2D eigenvalue weighted by molar-refractivity contribution is 7.98. The highest BCUT2D eigenvalue weighted by Gasteiger charge is 2.13. The number of allylic oxidation sites excluding steroid dienone is 1. The van der Waals surface area contributed by atoms with Gasteiger partial charge in [-0.15, -0.1) is 6.58 Å². The molecule has 0 saturated carbocycles. The fraction of sp³-hybridized carbons (Fsp3) is 0.105. The number of hydrogen-bond donors (Lipinski definition) is 0. The van der Waals surface area contributed by atoms with Crippen LogP contribution in [0, 0.1) is 5.82 Å². The number of nitrogens with zero attached hydrogens (tertiary/aromatic N) is 2. The SMILES string of the molecule is C=CCn1c(SCc2ccccc2F)nc2cc(C(=O)[O-])ccc2c1=O. The van der Waals surface area contributed by atoms with Crippen molar-refractivity contribution in [2.75, 3.05) is 0 Å². The Bertz CT molecular complexity index is 1060. The van der Waals surface area contributed by atoms with Gasteiger partial charge < -0.3 is 9.90 Å². The Hall–Kier alpha value is -2.93. The first-order chi connectivity index (χ1) is 12.5. The van der Waals surface area contributed by atoms with E-state index in [1.165, 1.54) is 40.6 Å². The molecule has 0 aliphatic carbocycles. The molecule has 1 aromatic heterocycles. The fourth-order valence-corrected chi connectivity index (χ4v) is 3.48. The molecule has 0 aliphatic heterocycles. The molecule has 1 heterocycles. The van der Waals surface area contributed by atoms with Crippen LogP contribution in [-0.4, -0.2) is 15.5 Å². The summed E-state index contributed by atoms with van der Waals surface area (Å²) in [5.41, 5.74) is 0.375. The number of thioether (sulfide) groups is 1. The van der Waals surface area contributed by atoms with Gasteiger partial charge in [0.1, 0.15) is 5.82 Å². The van der Waals surface area contributed by atoms with Crippen LogP contribution >= 0.6 is 11.8 Å². The Morgan fingerprint density at radius 2 is 2.08 bits per heavy atom. The van der Waals surface area contributed by atoms with Crippen molar-refractivity contribution in [3.8, 4) is 0 Å². The number of benzene rings is 2. The maximum atomic E-state index is 13.8. The van der Waals surface area contributed by atoms with Gasteiger partial charge in [-0.3, -0.25) is 9.36 Å². The second-order valence-corrected chi connectivity index (χ2v) is 6.44. The minimum atomic E-state index is -1.34. The molecule has 5 nitrogen and oxygen atoms in total. The number of carboxylic acid groups (broad SMARTS) is 1. The summed E-state index contributed by atoms with van der Waals surface area (Å²) in [5.74, 6) is -1.40. The number of aromatic carboxylic acids is 1. The Labute approximate surface area is 152 Å². The third-order valence-corrected chi connectivity index (χ3v) is 4.81. The van der Waals surface area contributed by atoms with Gasteiger partial charge in [0.25, 0.3) is 5.56 Å². The smallest absolute Gasteiger partial charge is 0.262 e. The highest BCUT2D eigenvalue weighted by atomic mass is 32.2. The maximum absolute atomic E-state index is 13.8. The Morgan fingerprint density at radius 1 is 1.31 bits per heavy atom. The molecule has 2 aromatic carbocycles. The van der Waals surface area contributed by atoms with Crippen LogP contribution in [-0.2, 0) is 12.3 Å². The maximum Gasteiger partial charge on any atom is 0.262 e. The molecule has 3 rings (SSSR count). The summed E-state index contributed by atoms with van der Waals surface area (Å²) < 4.78 is 15.3. The van der Waals surface area contributed by atoms with E-state index < -0.39 is 5.97 Å². The lowest BCUT2D eigenvalue weighted by Crippen LogP contribution is -2.24. The fourth-order valence-electron chi connectivity index (χ4n) is 2.49. The molecule has 0 radical (unpaired) electrons. The summed E-state index contributed by atoms with van der Waals surface area (Å²) in [4.78, 5) is 28.2. The number of carboxylic acids is 1. The van der Waals surface area contributed by atoms with Crippen LogP contribution in [0.4, 0.5) is 4.39 Å². The van der Waals surface area contributed by atoms with E-state index in [2.05, 4.69) is 11.6 Å². The van der Waals surface area contributed by atoms with Gasteiger partial charge in [-0.2, -0.15) is 0 Å². The van der Waals surface area contributed by atoms with Crippen molar-refractivity contribution >= 4 is 28.6 Å². The number of halogens is 1. The van der Waals surface area contributed by atoms with Crippen molar-refractivity contribution in [2.24, 2.45) is 0 Å². The number of rotatable bonds is 6. The predicted molar refractivity (Wildman–Crippen MR) is 96.5 cm³/mol. The van der Waals surface area contributed by atoms with Crippen molar-refractivity contribution in [3.05, 3.63) is 82.4 Å². The zero-order valence-electron chi connectivity index (χ0n) is 13.6. The lowest BCUT2D eigenvalue weighted by atomic mass is 10.1. The molecule has 7 heteroatoms. The predicted octanol–water partition coefficient (Wildman–Crippen LogP) is 2.38. The van der Waals surface area contributed by atoms with E-state index in [1.54, 1.807) is 24.3 Å². The molecule has 0 saturated heterocycles. The standard InChI is InChI=1S/C19H15FN2O3S/c1-2-9-22-17(23)14-8-7-12(18(24)25)10-16(14)21-19(22)26-11-13-5-3-4-6-15(13)20/h2-8,10H,1,9,11H2,(H,24,25)/p-1. The van der Waals surface area contributed by atoms with E-state index >= 15 is 0 Å². The third kappa shape index (κ3) is 3.52. The highest BCUT2D eigenvalue weighted by Crippen LogP contribution is 2.24. The second kappa shape index (κ2) is 7.53. The number of fused-ring (bicyclic) bond motifs is 1. The van der Waals surface area contributed by atoms with Crippen LogP contribution in [0.2, 0.25) is 0 Å². The van der Waals surface area contributed by atoms with Crippen molar-refractivity contribution < 1.29 is 14.3 Å². The van der Waals surface area contributed by atoms with E-state index in [1.807, 2.05) is 0 Å². The number of carbonyl (C=O) groups is 1. The van der Waals surface area contributed by atoms with E-state index in [9.17, 15) is 19.1 Å². The van der Waals surface area contributed by atoms with Gasteiger partial charge in [-0.05, 0) is 29.3 Å². The third-order valence-electron chi connectivity index (χ3n) is 3.78. The molecular weight excluding hydrogens is 355 g/mol. The van der Waals surface area contributed by atoms with Gasteiger partial charge in [0.2, 0.25) is 0 Å². The monoisotopic (exact) mass is 369 g/mol. The van der Waals surface area contributed by atoms with Gasteiger partial charge in [-0.1, -0.05) is 42.1 Å². The molecule has 132 valence electrons. The summed E-state index contributed by atoms with van der Waals surface area (Å²) in [6, 6.07) is 10.4. The van der Waals surface area contributed by atoms with Crippen molar-refractivity contribution in [2.45, 2.75) is 17.5 Å². The summed E-state index contributed by atoms with van der Waals surface area (Å²) in [6.45, 7) is 3.88. The van der Waals surface area contributed by atoms with Crippen LogP contribution in [0.15, 0.2) is 65.1 Å². The number of aromatic nitrogens is 2. The van der Waals surface area contributed by atoms with Gasteiger partial charge >= 0.3 is 0 Å². The molecule has 0 atom stereocenters. The topological polar surface area (TPSA) is 75.0 Å². The average molecular weight is 369 g/mol. The minimum absolute atomic E-state index is 0.0593. The van der Waals surface area contributed by atoms with Gasteiger partial charge in [0.15, 0.2) is 5.16 Å². The molecule has 0 fully saturated rings. The molecule has 0 aliphatic rings. The van der Waals surface area contributed by atoms with Gasteiger partial charge in [0, 0.05) is 12.3 Å². The summed E-state index contributed by atoms with van der Waals surface area (Å²) in [6.07, 6.45) is 1.57. The summed E-state index contributed by atoms with van der Waals surface area (Å²) >= 11 is 1.20. The number of carbonyl (C=O) groups excluding carboxylic acids is 1. The first kappa shape index (κ1) is 17.9. The molecule has 3 aromatic rings. The van der Waals surface area contributed by atoms with E-state index in [0.717, 1.165) is 0 Å². The number of hydrogen-bond acceptors (Lipinski definition) is 5. The molecule has 0 unspecified atom stereocenters. The first-order valence-electron chi connectivity index (χ1n) is 7.74. The van der Waals surface area contributed by atoms with Crippen molar-refractivity contribution in [3.63, 3.8) is 0 Å². The second-order valence-electron chi connectivity index (χ2n) is 5.50. The lowest BCUT2D eigenvalue weighted by molar-refractivity contribution is -0.255. The molecule has 26 heavy (non-hydrogen) atoms. The zero-order chi connectivity index (χ0) is 18.7. The van der Waals surface area contributed by atoms with E-state index in [-0.39, 0.29) is 34.8 Å². The van der Waals surface area contributed by atoms with Gasteiger partial charge in [-0.25, -0.2) is 9.37 Å². The van der Waals surface area contributed by atoms with Gasteiger partial charge in [0.05, 0.1) is 16.9 Å². The minimum Gasteiger partial charge on any atom is -0.545 e. The van der Waals surface area contributed by atoms with Crippen LogP contribution in [0.5, 0.6) is 0 Å². The molecule has 0 bridgehead atoms. The Kier molecular flexibility index (Phi) is 5.18. The zero-order valence-corrected chi connectivity index (χ0v) is 14.5. The average Bonchev–Trinajstić information content (AvgIpc) is 2.63. The Morgan fingerprint density at radius 3 is 2.77 bits per heavy atom. The molecule has 0 N–H and O–H groups in total. The molecule has 0 amide bonds. The van der Waals surface area contributed by atoms with Crippen molar-refractivity contribution in [1.82, 2.24) is 9.55 Å². The van der Waals surface area contributed by atoms with Crippen molar-refractivity contribution in [1.29, 1.82) is 0 Å². The lowest BCUT2D eigenvalue weighted by Gasteiger charge is -2.12. The largest absolute Gasteiger partial charge is 0.545 e. The molecule has 0 spiro atoms. The van der Waals surface area contributed by atoms with Crippen LogP contribution in [0.1, 0.15) is 15.9 Å². The quantitative estimate of drug-likeness (QED) is 0.379. The van der Waals surface area contributed by atoms with Crippen LogP contribution in [0.3, 0.4) is 0 Å². The summed E-state index contributed by atoms with van der Waals surface area (Å²) in [7, 11) is 0. The van der Waals surface area contributed by atoms with E-state index in [4.69, 9.17) is 0 Å².